The van der Waals surface area contributed by atoms with Crippen LogP contribution in [-0.2, 0) is 19.6 Å². The van der Waals surface area contributed by atoms with E-state index in [9.17, 15) is 18.0 Å². The highest BCUT2D eigenvalue weighted by atomic mass is 32.2. The highest BCUT2D eigenvalue weighted by Gasteiger charge is 2.51. The zero-order chi connectivity index (χ0) is 23.1. The summed E-state index contributed by atoms with van der Waals surface area (Å²) < 4.78 is 29.1. The molecule has 0 aromatic heterocycles. The third-order valence-electron chi connectivity index (χ3n) is 6.16. The normalized spacial score (nSPS) is 17.5. The fourth-order valence-corrected chi connectivity index (χ4v) is 6.18. The van der Waals surface area contributed by atoms with E-state index in [-0.39, 0.29) is 11.3 Å². The van der Waals surface area contributed by atoms with Crippen molar-refractivity contribution in [2.75, 3.05) is 4.90 Å². The molecule has 166 valence electrons. The molecule has 7 heteroatoms. The number of carbonyl (C=O) groups is 2. The van der Waals surface area contributed by atoms with E-state index in [1.54, 1.807) is 62.4 Å². The molecule has 1 saturated heterocycles. The first kappa shape index (κ1) is 22.2. The molecule has 1 unspecified atom stereocenters. The number of hydrogen-bond acceptors (Lipinski definition) is 4. The standard InChI is InChI=1S/C25H26N2O4S/c1-4-25(2,3)27(22-17-23(28)26(24(22)29)20-12-6-5-7-13-20)32(30,31)21-15-14-18-10-8-9-11-19(18)16-21/h5-16,22H,4,17H2,1-3H3. The van der Waals surface area contributed by atoms with E-state index >= 15 is 0 Å². The third-order valence-corrected chi connectivity index (χ3v) is 8.28. The number of fused-ring (bicyclic) bond motifs is 1. The summed E-state index contributed by atoms with van der Waals surface area (Å²) in [6, 6.07) is 20.0. The van der Waals surface area contributed by atoms with Gasteiger partial charge in [-0.25, -0.2) is 13.3 Å². The quantitative estimate of drug-likeness (QED) is 0.523. The van der Waals surface area contributed by atoms with Crippen LogP contribution in [0.3, 0.4) is 0 Å². The molecule has 1 aliphatic rings. The second-order valence-electron chi connectivity index (χ2n) is 8.60. The van der Waals surface area contributed by atoms with Crippen molar-refractivity contribution in [3.05, 3.63) is 72.8 Å². The molecule has 0 N–H and O–H groups in total. The third kappa shape index (κ3) is 3.72. The SMILES string of the molecule is CCC(C)(C)N(C1CC(=O)N(c2ccccc2)C1=O)S(=O)(=O)c1ccc2ccccc2c1. The van der Waals surface area contributed by atoms with Gasteiger partial charge in [-0.05, 0) is 55.3 Å². The Bertz CT molecular complexity index is 1290. The van der Waals surface area contributed by atoms with Crippen LogP contribution in [0.1, 0.15) is 33.6 Å². The van der Waals surface area contributed by atoms with Crippen LogP contribution in [0.5, 0.6) is 0 Å². The maximum absolute atomic E-state index is 13.9. The summed E-state index contributed by atoms with van der Waals surface area (Å²) >= 11 is 0. The molecule has 6 nitrogen and oxygen atoms in total. The van der Waals surface area contributed by atoms with E-state index in [2.05, 4.69) is 0 Å². The number of anilines is 1. The molecule has 3 aromatic rings. The minimum atomic E-state index is -4.07. The van der Waals surface area contributed by atoms with Crippen molar-refractivity contribution in [1.82, 2.24) is 4.31 Å². The van der Waals surface area contributed by atoms with Crippen LogP contribution in [0.2, 0.25) is 0 Å². The molecular formula is C25H26N2O4S. The van der Waals surface area contributed by atoms with Crippen LogP contribution in [0.25, 0.3) is 10.8 Å². The fourth-order valence-electron chi connectivity index (χ4n) is 4.16. The molecule has 0 bridgehead atoms. The van der Waals surface area contributed by atoms with Crippen molar-refractivity contribution >= 4 is 38.3 Å². The number of amides is 2. The fraction of sp³-hybridized carbons (Fsp3) is 0.280. The lowest BCUT2D eigenvalue weighted by Crippen LogP contribution is -2.55. The topological polar surface area (TPSA) is 74.8 Å². The Morgan fingerprint density at radius 3 is 2.22 bits per heavy atom. The highest BCUT2D eigenvalue weighted by molar-refractivity contribution is 7.89. The maximum atomic E-state index is 13.9. The number of benzene rings is 3. The Hall–Kier alpha value is -3.03. The minimum Gasteiger partial charge on any atom is -0.274 e. The van der Waals surface area contributed by atoms with Gasteiger partial charge in [-0.3, -0.25) is 9.59 Å². The predicted octanol–water partition coefficient (Wildman–Crippen LogP) is 4.35. The van der Waals surface area contributed by atoms with E-state index in [0.29, 0.717) is 12.1 Å². The summed E-state index contributed by atoms with van der Waals surface area (Å²) in [6.07, 6.45) is 0.285. The van der Waals surface area contributed by atoms with E-state index in [4.69, 9.17) is 0 Å². The largest absolute Gasteiger partial charge is 0.274 e. The van der Waals surface area contributed by atoms with Crippen LogP contribution in [0, 0.1) is 0 Å². The van der Waals surface area contributed by atoms with Crippen molar-refractivity contribution in [1.29, 1.82) is 0 Å². The number of para-hydroxylation sites is 1. The van der Waals surface area contributed by atoms with Gasteiger partial charge in [0.25, 0.3) is 5.91 Å². The maximum Gasteiger partial charge on any atom is 0.252 e. The average Bonchev–Trinajstić information content (AvgIpc) is 3.06. The minimum absolute atomic E-state index is 0.108. The average molecular weight is 451 g/mol. The molecule has 1 aliphatic heterocycles. The summed E-state index contributed by atoms with van der Waals surface area (Å²) in [6.45, 7) is 5.45. The summed E-state index contributed by atoms with van der Waals surface area (Å²) in [5.74, 6) is -0.927. The zero-order valence-corrected chi connectivity index (χ0v) is 19.2. The second kappa shape index (κ2) is 8.15. The van der Waals surface area contributed by atoms with Gasteiger partial charge in [0.1, 0.15) is 6.04 Å². The molecule has 0 radical (unpaired) electrons. The van der Waals surface area contributed by atoms with Gasteiger partial charge in [0, 0.05) is 5.54 Å². The number of rotatable bonds is 6. The van der Waals surface area contributed by atoms with Crippen molar-refractivity contribution in [3.63, 3.8) is 0 Å². The number of sulfonamides is 1. The number of carbonyl (C=O) groups excluding carboxylic acids is 2. The number of imide groups is 1. The van der Waals surface area contributed by atoms with Gasteiger partial charge in [0.2, 0.25) is 15.9 Å². The Morgan fingerprint density at radius 1 is 0.938 bits per heavy atom. The molecule has 1 fully saturated rings. The smallest absolute Gasteiger partial charge is 0.252 e. The van der Waals surface area contributed by atoms with Crippen LogP contribution in [0.15, 0.2) is 77.7 Å². The van der Waals surface area contributed by atoms with Crippen molar-refractivity contribution < 1.29 is 18.0 Å². The predicted molar refractivity (Wildman–Crippen MR) is 125 cm³/mol. The van der Waals surface area contributed by atoms with Crippen molar-refractivity contribution in [2.24, 2.45) is 0 Å². The molecule has 0 spiro atoms. The van der Waals surface area contributed by atoms with Crippen LogP contribution in [-0.4, -0.2) is 36.1 Å². The van der Waals surface area contributed by atoms with Gasteiger partial charge in [0.05, 0.1) is 17.0 Å². The summed E-state index contributed by atoms with van der Waals surface area (Å²) in [7, 11) is -4.07. The monoisotopic (exact) mass is 450 g/mol. The number of nitrogens with zero attached hydrogens (tertiary/aromatic N) is 2. The lowest BCUT2D eigenvalue weighted by molar-refractivity contribution is -0.122. The Morgan fingerprint density at radius 2 is 1.56 bits per heavy atom. The molecule has 1 atom stereocenters. The van der Waals surface area contributed by atoms with Crippen molar-refractivity contribution in [3.8, 4) is 0 Å². The van der Waals surface area contributed by atoms with Gasteiger partial charge < -0.3 is 0 Å². The van der Waals surface area contributed by atoms with Crippen LogP contribution < -0.4 is 4.90 Å². The molecule has 2 amide bonds. The van der Waals surface area contributed by atoms with E-state index in [1.807, 2.05) is 31.2 Å². The first-order valence-corrected chi connectivity index (χ1v) is 12.1. The molecule has 4 rings (SSSR count). The summed E-state index contributed by atoms with van der Waals surface area (Å²) in [5, 5.41) is 1.72. The molecule has 1 heterocycles. The molecular weight excluding hydrogens is 424 g/mol. The lowest BCUT2D eigenvalue weighted by Gasteiger charge is -2.39. The van der Waals surface area contributed by atoms with Gasteiger partial charge in [-0.2, -0.15) is 4.31 Å². The Kier molecular flexibility index (Phi) is 5.65. The van der Waals surface area contributed by atoms with Crippen molar-refractivity contribution in [2.45, 2.75) is 50.1 Å². The van der Waals surface area contributed by atoms with Crippen LogP contribution in [0.4, 0.5) is 5.69 Å². The first-order valence-electron chi connectivity index (χ1n) is 10.6. The van der Waals surface area contributed by atoms with Crippen LogP contribution >= 0.6 is 0 Å². The second-order valence-corrected chi connectivity index (χ2v) is 10.4. The Labute approximate surface area is 188 Å². The molecule has 0 aliphatic carbocycles. The summed E-state index contributed by atoms with van der Waals surface area (Å²) in [4.78, 5) is 27.5. The molecule has 32 heavy (non-hydrogen) atoms. The first-order chi connectivity index (χ1) is 15.2. The van der Waals surface area contributed by atoms with E-state index in [1.165, 1.54) is 4.31 Å². The van der Waals surface area contributed by atoms with Gasteiger partial charge >= 0.3 is 0 Å². The number of hydrogen-bond donors (Lipinski definition) is 0. The zero-order valence-electron chi connectivity index (χ0n) is 18.4. The molecule has 3 aromatic carbocycles. The van der Waals surface area contributed by atoms with Gasteiger partial charge in [0.15, 0.2) is 0 Å². The van der Waals surface area contributed by atoms with Gasteiger partial charge in [-0.1, -0.05) is 55.5 Å². The summed E-state index contributed by atoms with van der Waals surface area (Å²) in [5.41, 5.74) is -0.431. The van der Waals surface area contributed by atoms with E-state index < -0.39 is 33.4 Å². The molecule has 0 saturated carbocycles. The van der Waals surface area contributed by atoms with Gasteiger partial charge in [-0.15, -0.1) is 0 Å². The highest BCUT2D eigenvalue weighted by Crippen LogP contribution is 2.36. The lowest BCUT2D eigenvalue weighted by atomic mass is 10.00. The Balaban J connectivity index is 1.81. The van der Waals surface area contributed by atoms with E-state index in [0.717, 1.165) is 15.7 Å².